The molecule has 0 saturated carbocycles. The second-order valence-corrected chi connectivity index (χ2v) is 3.51. The largest absolute Gasteiger partial charge is 0.314 e. The summed E-state index contributed by atoms with van der Waals surface area (Å²) in [6.07, 6.45) is 6.12. The van der Waals surface area contributed by atoms with Crippen molar-refractivity contribution in [2.45, 2.75) is 25.8 Å². The van der Waals surface area contributed by atoms with Gasteiger partial charge in [0.1, 0.15) is 0 Å². The minimum atomic E-state index is 0.0933. The highest BCUT2D eigenvalue weighted by molar-refractivity contribution is 5.00. The van der Waals surface area contributed by atoms with Crippen molar-refractivity contribution in [2.24, 2.45) is 0 Å². The van der Waals surface area contributed by atoms with E-state index in [1.54, 1.807) is 18.6 Å². The number of likely N-dealkylation sites (N-methyl/N-ethyl adjacent to an activating group) is 1. The number of aromatic nitrogens is 2. The van der Waals surface area contributed by atoms with Crippen LogP contribution in [0.25, 0.3) is 0 Å². The van der Waals surface area contributed by atoms with Gasteiger partial charge in [0, 0.05) is 30.6 Å². The van der Waals surface area contributed by atoms with E-state index in [4.69, 9.17) is 0 Å². The van der Waals surface area contributed by atoms with E-state index in [9.17, 15) is 0 Å². The molecule has 0 aliphatic rings. The molecule has 1 aromatic rings. The molecular formula is C9H15N3. The van der Waals surface area contributed by atoms with Gasteiger partial charge in [-0.05, 0) is 20.9 Å². The van der Waals surface area contributed by atoms with Crippen molar-refractivity contribution < 1.29 is 0 Å². The molecule has 0 atom stereocenters. The summed E-state index contributed by atoms with van der Waals surface area (Å²) in [4.78, 5) is 8.22. The minimum absolute atomic E-state index is 0.0933. The summed E-state index contributed by atoms with van der Waals surface area (Å²) >= 11 is 0. The lowest BCUT2D eigenvalue weighted by Gasteiger charge is -2.22. The Kier molecular flexibility index (Phi) is 2.76. The maximum Gasteiger partial charge on any atom is 0.0604 e. The molecule has 0 aliphatic heterocycles. The fourth-order valence-electron chi connectivity index (χ4n) is 0.962. The third-order valence-corrected chi connectivity index (χ3v) is 1.92. The van der Waals surface area contributed by atoms with Crippen molar-refractivity contribution in [3.8, 4) is 0 Å². The fourth-order valence-corrected chi connectivity index (χ4v) is 0.962. The zero-order valence-electron chi connectivity index (χ0n) is 7.83. The Bertz CT molecular complexity index is 231. The molecular weight excluding hydrogens is 150 g/mol. The molecule has 12 heavy (non-hydrogen) atoms. The second-order valence-electron chi connectivity index (χ2n) is 3.51. The molecule has 0 spiro atoms. The maximum absolute atomic E-state index is 4.21. The lowest BCUT2D eigenvalue weighted by atomic mass is 9.99. The van der Waals surface area contributed by atoms with Crippen LogP contribution in [0.5, 0.6) is 0 Å². The Morgan fingerprint density at radius 2 is 2.17 bits per heavy atom. The Morgan fingerprint density at radius 3 is 2.67 bits per heavy atom. The summed E-state index contributed by atoms with van der Waals surface area (Å²) in [5.74, 6) is 0. The van der Waals surface area contributed by atoms with Crippen molar-refractivity contribution >= 4 is 0 Å². The van der Waals surface area contributed by atoms with Crippen LogP contribution < -0.4 is 5.32 Å². The zero-order valence-corrected chi connectivity index (χ0v) is 7.83. The van der Waals surface area contributed by atoms with Gasteiger partial charge in [-0.25, -0.2) is 0 Å². The first-order valence-electron chi connectivity index (χ1n) is 4.08. The van der Waals surface area contributed by atoms with Crippen LogP contribution in [0, 0.1) is 0 Å². The predicted molar refractivity (Wildman–Crippen MR) is 48.9 cm³/mol. The van der Waals surface area contributed by atoms with Crippen LogP contribution in [0.15, 0.2) is 18.6 Å². The molecule has 1 N–H and O–H groups in total. The van der Waals surface area contributed by atoms with Crippen LogP contribution in [0.3, 0.4) is 0 Å². The van der Waals surface area contributed by atoms with Gasteiger partial charge in [0.25, 0.3) is 0 Å². The molecule has 3 heteroatoms. The van der Waals surface area contributed by atoms with Crippen molar-refractivity contribution in [1.29, 1.82) is 0 Å². The lowest BCUT2D eigenvalue weighted by molar-refractivity contribution is 0.417. The Hall–Kier alpha value is -0.960. The molecule has 0 fully saturated rings. The molecule has 0 radical (unpaired) electrons. The molecule has 66 valence electrons. The molecule has 1 aromatic heterocycles. The summed E-state index contributed by atoms with van der Waals surface area (Å²) in [6.45, 7) is 4.28. The van der Waals surface area contributed by atoms with Gasteiger partial charge in [0.2, 0.25) is 0 Å². The SMILES string of the molecule is CNC(C)(C)Cc1cnccn1. The zero-order chi connectivity index (χ0) is 9.03. The van der Waals surface area contributed by atoms with Gasteiger partial charge in [0.15, 0.2) is 0 Å². The average Bonchev–Trinajstić information content (AvgIpc) is 2.06. The second kappa shape index (κ2) is 3.63. The topological polar surface area (TPSA) is 37.8 Å². The first kappa shape index (κ1) is 9.13. The molecule has 0 amide bonds. The van der Waals surface area contributed by atoms with Gasteiger partial charge in [-0.2, -0.15) is 0 Å². The van der Waals surface area contributed by atoms with Crippen LogP contribution in [-0.2, 0) is 6.42 Å². The first-order valence-corrected chi connectivity index (χ1v) is 4.08. The lowest BCUT2D eigenvalue weighted by Crippen LogP contribution is -2.38. The monoisotopic (exact) mass is 165 g/mol. The van der Waals surface area contributed by atoms with Gasteiger partial charge in [-0.1, -0.05) is 0 Å². The predicted octanol–water partition coefficient (Wildman–Crippen LogP) is 1.02. The quantitative estimate of drug-likeness (QED) is 0.726. The van der Waals surface area contributed by atoms with E-state index in [1.165, 1.54) is 0 Å². The first-order chi connectivity index (χ1) is 5.64. The van der Waals surface area contributed by atoms with E-state index in [-0.39, 0.29) is 5.54 Å². The fraction of sp³-hybridized carbons (Fsp3) is 0.556. The number of nitrogens with one attached hydrogen (secondary N) is 1. The van der Waals surface area contributed by atoms with Gasteiger partial charge in [-0.3, -0.25) is 9.97 Å². The summed E-state index contributed by atoms with van der Waals surface area (Å²) in [5, 5.41) is 3.22. The number of nitrogens with zero attached hydrogens (tertiary/aromatic N) is 2. The van der Waals surface area contributed by atoms with Crippen molar-refractivity contribution in [3.05, 3.63) is 24.3 Å². The van der Waals surface area contributed by atoms with E-state index in [1.807, 2.05) is 7.05 Å². The third-order valence-electron chi connectivity index (χ3n) is 1.92. The summed E-state index contributed by atoms with van der Waals surface area (Å²) in [5.41, 5.74) is 1.12. The summed E-state index contributed by atoms with van der Waals surface area (Å²) in [6, 6.07) is 0. The molecule has 0 aliphatic carbocycles. The highest BCUT2D eigenvalue weighted by Gasteiger charge is 2.15. The van der Waals surface area contributed by atoms with Crippen molar-refractivity contribution in [3.63, 3.8) is 0 Å². The molecule has 0 unspecified atom stereocenters. The van der Waals surface area contributed by atoms with E-state index < -0.39 is 0 Å². The number of hydrogen-bond donors (Lipinski definition) is 1. The van der Waals surface area contributed by atoms with Crippen LogP contribution in [-0.4, -0.2) is 22.6 Å². The summed E-state index contributed by atoms with van der Waals surface area (Å²) in [7, 11) is 1.95. The number of rotatable bonds is 3. The number of hydrogen-bond acceptors (Lipinski definition) is 3. The average molecular weight is 165 g/mol. The Balaban J connectivity index is 2.64. The molecule has 0 bridgehead atoms. The third kappa shape index (κ3) is 2.58. The molecule has 1 rings (SSSR count). The Labute approximate surface area is 73.2 Å². The standard InChI is InChI=1S/C9H15N3/c1-9(2,10-3)6-8-7-11-4-5-12-8/h4-5,7,10H,6H2,1-3H3. The highest BCUT2D eigenvalue weighted by atomic mass is 14.9. The molecule has 3 nitrogen and oxygen atoms in total. The maximum atomic E-state index is 4.21. The van der Waals surface area contributed by atoms with Crippen LogP contribution in [0.1, 0.15) is 19.5 Å². The smallest absolute Gasteiger partial charge is 0.0604 e. The van der Waals surface area contributed by atoms with Gasteiger partial charge < -0.3 is 5.32 Å². The minimum Gasteiger partial charge on any atom is -0.314 e. The van der Waals surface area contributed by atoms with Crippen LogP contribution in [0.2, 0.25) is 0 Å². The summed E-state index contributed by atoms with van der Waals surface area (Å²) < 4.78 is 0. The van der Waals surface area contributed by atoms with Gasteiger partial charge >= 0.3 is 0 Å². The van der Waals surface area contributed by atoms with E-state index in [2.05, 4.69) is 29.1 Å². The van der Waals surface area contributed by atoms with Crippen molar-refractivity contribution in [1.82, 2.24) is 15.3 Å². The molecule has 0 aromatic carbocycles. The molecule has 0 saturated heterocycles. The van der Waals surface area contributed by atoms with E-state index in [0.717, 1.165) is 12.1 Å². The van der Waals surface area contributed by atoms with Crippen LogP contribution >= 0.6 is 0 Å². The molecule has 1 heterocycles. The normalized spacial score (nSPS) is 11.6. The highest BCUT2D eigenvalue weighted by Crippen LogP contribution is 2.08. The van der Waals surface area contributed by atoms with Gasteiger partial charge in [0.05, 0.1) is 5.69 Å². The van der Waals surface area contributed by atoms with E-state index in [0.29, 0.717) is 0 Å². The van der Waals surface area contributed by atoms with Crippen LogP contribution in [0.4, 0.5) is 0 Å². The van der Waals surface area contributed by atoms with Crippen molar-refractivity contribution in [2.75, 3.05) is 7.05 Å². The van der Waals surface area contributed by atoms with Gasteiger partial charge in [-0.15, -0.1) is 0 Å². The van der Waals surface area contributed by atoms with E-state index >= 15 is 0 Å². The Morgan fingerprint density at radius 1 is 1.42 bits per heavy atom.